The van der Waals surface area contributed by atoms with E-state index in [2.05, 4.69) is 6.58 Å². The lowest BCUT2D eigenvalue weighted by Crippen LogP contribution is -2.19. The van der Waals surface area contributed by atoms with Gasteiger partial charge in [-0.3, -0.25) is 0 Å². The molecule has 1 N–H and O–H groups in total. The van der Waals surface area contributed by atoms with E-state index in [9.17, 15) is 18.0 Å². The Hall–Kier alpha value is -1.98. The zero-order valence-corrected chi connectivity index (χ0v) is 9.66. The fourth-order valence-corrected chi connectivity index (χ4v) is 1.49. The molecule has 0 aliphatic rings. The molecule has 0 fully saturated rings. The van der Waals surface area contributed by atoms with Crippen LogP contribution >= 0.6 is 0 Å². The van der Waals surface area contributed by atoms with Gasteiger partial charge in [-0.2, -0.15) is 13.2 Å². The average Bonchev–Trinajstić information content (AvgIpc) is 2.27. The first-order valence-corrected chi connectivity index (χ1v) is 5.04. The van der Waals surface area contributed by atoms with E-state index in [4.69, 9.17) is 5.11 Å². The predicted molar refractivity (Wildman–Crippen MR) is 61.9 cm³/mol. The van der Waals surface area contributed by atoms with Crippen LogP contribution in [0, 0.1) is 0 Å². The fourth-order valence-electron chi connectivity index (χ4n) is 1.49. The highest BCUT2D eigenvalue weighted by Gasteiger charge is 2.35. The summed E-state index contributed by atoms with van der Waals surface area (Å²) < 4.78 is 37.8. The van der Waals surface area contributed by atoms with Gasteiger partial charge >= 0.3 is 12.1 Å². The van der Waals surface area contributed by atoms with Gasteiger partial charge in [-0.05, 0) is 18.2 Å². The molecule has 1 rings (SSSR count). The third-order valence-corrected chi connectivity index (χ3v) is 2.38. The van der Waals surface area contributed by atoms with Crippen molar-refractivity contribution in [1.82, 2.24) is 0 Å². The van der Waals surface area contributed by atoms with Gasteiger partial charge in [0.05, 0.1) is 11.1 Å². The van der Waals surface area contributed by atoms with Crippen molar-refractivity contribution in [3.63, 3.8) is 0 Å². The van der Waals surface area contributed by atoms with Crippen molar-refractivity contribution in [2.24, 2.45) is 0 Å². The topological polar surface area (TPSA) is 40.5 Å². The molecule has 6 heteroatoms. The van der Waals surface area contributed by atoms with Crippen LogP contribution in [0.4, 0.5) is 18.9 Å². The predicted octanol–water partition coefficient (Wildman–Crippen LogP) is 3.03. The van der Waals surface area contributed by atoms with Crippen LogP contribution in [-0.2, 0) is 6.18 Å². The highest BCUT2D eigenvalue weighted by molar-refractivity contribution is 5.91. The Morgan fingerprint density at radius 3 is 2.56 bits per heavy atom. The Labute approximate surface area is 102 Å². The van der Waals surface area contributed by atoms with Gasteiger partial charge in [0.2, 0.25) is 0 Å². The largest absolute Gasteiger partial charge is 0.478 e. The van der Waals surface area contributed by atoms with Gasteiger partial charge in [-0.1, -0.05) is 6.08 Å². The van der Waals surface area contributed by atoms with Crippen LogP contribution in [-0.4, -0.2) is 24.7 Å². The Bertz CT molecular complexity index is 469. The van der Waals surface area contributed by atoms with Gasteiger partial charge in [0.25, 0.3) is 0 Å². The highest BCUT2D eigenvalue weighted by Crippen LogP contribution is 2.33. The summed E-state index contributed by atoms with van der Waals surface area (Å²) in [5.74, 6) is -1.60. The second-order valence-corrected chi connectivity index (χ2v) is 3.70. The van der Waals surface area contributed by atoms with Gasteiger partial charge in [0.1, 0.15) is 0 Å². The van der Waals surface area contributed by atoms with Gasteiger partial charge < -0.3 is 10.0 Å². The number of carboxylic acids is 1. The Balaban J connectivity index is 3.28. The van der Waals surface area contributed by atoms with E-state index in [-0.39, 0.29) is 0 Å². The molecule has 0 aliphatic heterocycles. The summed E-state index contributed by atoms with van der Waals surface area (Å²) in [6.45, 7) is 3.91. The molecule has 0 aliphatic carbocycles. The second kappa shape index (κ2) is 5.12. The second-order valence-electron chi connectivity index (χ2n) is 3.70. The smallest absolute Gasteiger partial charge is 0.417 e. The monoisotopic (exact) mass is 259 g/mol. The lowest BCUT2D eigenvalue weighted by atomic mass is 10.1. The summed E-state index contributed by atoms with van der Waals surface area (Å²) in [6.07, 6.45) is -3.11. The molecule has 0 radical (unpaired) electrons. The molecule has 0 saturated heterocycles. The third-order valence-electron chi connectivity index (χ3n) is 2.38. The van der Waals surface area contributed by atoms with Crippen molar-refractivity contribution in [3.8, 4) is 0 Å². The minimum Gasteiger partial charge on any atom is -0.478 e. The summed E-state index contributed by atoms with van der Waals surface area (Å²) in [7, 11) is 1.63. The summed E-state index contributed by atoms with van der Waals surface area (Å²) in [5.41, 5.74) is -1.51. The summed E-state index contributed by atoms with van der Waals surface area (Å²) in [6, 6.07) is 3.02. The standard InChI is InChI=1S/C12H12F3NO2/c1-3-6-16(2)8-4-5-10(12(13,14)15)9(7-8)11(17)18/h3-5,7H,1,6H2,2H3,(H,17,18). The maximum absolute atomic E-state index is 12.6. The molecule has 3 nitrogen and oxygen atoms in total. The van der Waals surface area contributed by atoms with Crippen molar-refractivity contribution in [1.29, 1.82) is 0 Å². The number of halogens is 3. The maximum Gasteiger partial charge on any atom is 0.417 e. The molecular weight excluding hydrogens is 247 g/mol. The first-order chi connectivity index (χ1) is 8.27. The Morgan fingerprint density at radius 2 is 2.11 bits per heavy atom. The molecule has 18 heavy (non-hydrogen) atoms. The van der Waals surface area contributed by atoms with E-state index in [0.717, 1.165) is 12.1 Å². The maximum atomic E-state index is 12.6. The molecular formula is C12H12F3NO2. The number of hydrogen-bond acceptors (Lipinski definition) is 2. The van der Waals surface area contributed by atoms with Gasteiger partial charge in [-0.25, -0.2) is 4.79 Å². The minimum atomic E-state index is -4.68. The first-order valence-electron chi connectivity index (χ1n) is 5.04. The molecule has 0 saturated carbocycles. The molecule has 0 atom stereocenters. The van der Waals surface area contributed by atoms with Crippen molar-refractivity contribution >= 4 is 11.7 Å². The first kappa shape index (κ1) is 14.1. The number of benzene rings is 1. The van der Waals surface area contributed by atoms with Crippen LogP contribution in [0.5, 0.6) is 0 Å². The lowest BCUT2D eigenvalue weighted by Gasteiger charge is -2.19. The van der Waals surface area contributed by atoms with Crippen LogP contribution in [0.15, 0.2) is 30.9 Å². The summed E-state index contributed by atoms with van der Waals surface area (Å²) in [4.78, 5) is 12.5. The number of aromatic carboxylic acids is 1. The number of rotatable bonds is 4. The van der Waals surface area contributed by atoms with Crippen LogP contribution in [0.3, 0.4) is 0 Å². The van der Waals surface area contributed by atoms with Crippen LogP contribution in [0.2, 0.25) is 0 Å². The SMILES string of the molecule is C=CCN(C)c1ccc(C(F)(F)F)c(C(=O)O)c1. The van der Waals surface area contributed by atoms with Crippen LogP contribution in [0.25, 0.3) is 0 Å². The Morgan fingerprint density at radius 1 is 1.50 bits per heavy atom. The molecule has 0 aromatic heterocycles. The van der Waals surface area contributed by atoms with Gasteiger partial charge in [0, 0.05) is 19.3 Å². The number of carbonyl (C=O) groups is 1. The van der Waals surface area contributed by atoms with E-state index in [1.165, 1.54) is 6.07 Å². The normalized spacial score (nSPS) is 11.1. The molecule has 0 spiro atoms. The number of anilines is 1. The molecule has 1 aromatic carbocycles. The van der Waals surface area contributed by atoms with Gasteiger partial charge in [-0.15, -0.1) is 6.58 Å². The number of alkyl halides is 3. The molecule has 0 bridgehead atoms. The minimum absolute atomic E-state index is 0.389. The van der Waals surface area contributed by atoms with Crippen LogP contribution < -0.4 is 4.90 Å². The van der Waals surface area contributed by atoms with E-state index in [1.807, 2.05) is 0 Å². The molecule has 0 unspecified atom stereocenters. The van der Waals surface area contributed by atoms with Crippen molar-refractivity contribution in [3.05, 3.63) is 42.0 Å². The summed E-state index contributed by atoms with van der Waals surface area (Å²) >= 11 is 0. The van der Waals surface area contributed by atoms with Crippen LogP contribution in [0.1, 0.15) is 15.9 Å². The Kier molecular flexibility index (Phi) is 4.00. The molecule has 1 aromatic rings. The summed E-state index contributed by atoms with van der Waals surface area (Å²) in [5, 5.41) is 8.83. The van der Waals surface area contributed by atoms with Crippen molar-refractivity contribution in [2.75, 3.05) is 18.5 Å². The number of hydrogen-bond donors (Lipinski definition) is 1. The third kappa shape index (κ3) is 3.03. The number of carboxylic acid groups (broad SMARTS) is 1. The van der Waals surface area contributed by atoms with Crippen molar-refractivity contribution in [2.45, 2.75) is 6.18 Å². The zero-order valence-electron chi connectivity index (χ0n) is 9.66. The molecule has 0 heterocycles. The average molecular weight is 259 g/mol. The molecule has 0 amide bonds. The molecule has 98 valence electrons. The zero-order chi connectivity index (χ0) is 13.9. The number of likely N-dealkylation sites (N-methyl/N-ethyl adjacent to an activating group) is 1. The highest BCUT2D eigenvalue weighted by atomic mass is 19.4. The van der Waals surface area contributed by atoms with Gasteiger partial charge in [0.15, 0.2) is 0 Å². The van der Waals surface area contributed by atoms with E-state index < -0.39 is 23.3 Å². The number of nitrogens with zero attached hydrogens (tertiary/aromatic N) is 1. The van der Waals surface area contributed by atoms with E-state index in [1.54, 1.807) is 18.0 Å². The van der Waals surface area contributed by atoms with E-state index >= 15 is 0 Å². The quantitative estimate of drug-likeness (QED) is 0.845. The lowest BCUT2D eigenvalue weighted by molar-refractivity contribution is -0.138. The fraction of sp³-hybridized carbons (Fsp3) is 0.250. The van der Waals surface area contributed by atoms with E-state index in [0.29, 0.717) is 12.2 Å². The van der Waals surface area contributed by atoms with Crippen molar-refractivity contribution < 1.29 is 23.1 Å².